The van der Waals surface area contributed by atoms with Gasteiger partial charge in [-0.1, -0.05) is 76.2 Å². The van der Waals surface area contributed by atoms with Crippen LogP contribution in [0.15, 0.2) is 54.6 Å². The largest absolute Gasteiger partial charge is 0.294 e. The average Bonchev–Trinajstić information content (AvgIpc) is 2.93. The van der Waals surface area contributed by atoms with Gasteiger partial charge in [-0.05, 0) is 53.9 Å². The maximum Gasteiger partial charge on any atom is 0.164 e. The second-order valence-electron chi connectivity index (χ2n) is 6.81. The molecule has 0 atom stereocenters. The molecule has 0 amide bonds. The molecule has 1 aliphatic carbocycles. The van der Waals surface area contributed by atoms with Crippen molar-refractivity contribution in [3.05, 3.63) is 103 Å². The normalized spacial score (nSPS) is 15.1. The third kappa shape index (κ3) is 2.98. The predicted molar refractivity (Wildman–Crippen MR) is 113 cm³/mol. The minimum Gasteiger partial charge on any atom is -0.294 e. The van der Waals surface area contributed by atoms with Gasteiger partial charge in [-0.25, -0.2) is 0 Å². The molecule has 4 rings (SSSR count). The molecule has 0 aromatic heterocycles. The summed E-state index contributed by atoms with van der Waals surface area (Å²) >= 11 is 24.9. The Hall–Kier alpha value is -1.51. The molecule has 0 aliphatic heterocycles. The molecule has 5 heteroatoms. The average molecular weight is 436 g/mol. The van der Waals surface area contributed by atoms with Gasteiger partial charge < -0.3 is 0 Å². The Morgan fingerprint density at radius 2 is 1.30 bits per heavy atom. The molecule has 1 aliphatic rings. The Bertz CT molecular complexity index is 1040. The lowest BCUT2D eigenvalue weighted by Crippen LogP contribution is -2.27. The number of aryl methyl sites for hydroxylation is 1. The number of carbonyl (C=O) groups excluding carboxylic acids is 1. The molecule has 0 saturated heterocycles. The van der Waals surface area contributed by atoms with E-state index in [-0.39, 0.29) is 5.78 Å². The van der Waals surface area contributed by atoms with Crippen molar-refractivity contribution < 1.29 is 4.79 Å². The third-order valence-electron chi connectivity index (χ3n) is 5.19. The van der Waals surface area contributed by atoms with E-state index >= 15 is 0 Å². The van der Waals surface area contributed by atoms with Gasteiger partial charge in [0.2, 0.25) is 0 Å². The number of ketones is 1. The summed E-state index contributed by atoms with van der Waals surface area (Å²) in [6.45, 7) is 1.98. The standard InChI is InChI=1S/C22H14Cl4O/c1-12-2-5-16-15(8-12)21(27)11-22(16,13-3-6-17(23)19(25)9-13)14-4-7-18(24)20(26)10-14/h2-10H,11H2,1H3. The van der Waals surface area contributed by atoms with Crippen molar-refractivity contribution in [2.24, 2.45) is 0 Å². The van der Waals surface area contributed by atoms with E-state index < -0.39 is 5.41 Å². The van der Waals surface area contributed by atoms with Crippen LogP contribution in [0, 0.1) is 6.92 Å². The van der Waals surface area contributed by atoms with Crippen molar-refractivity contribution in [3.63, 3.8) is 0 Å². The van der Waals surface area contributed by atoms with E-state index in [4.69, 9.17) is 46.4 Å². The van der Waals surface area contributed by atoms with Crippen LogP contribution in [0.1, 0.15) is 39.0 Å². The number of rotatable bonds is 2. The molecule has 136 valence electrons. The van der Waals surface area contributed by atoms with Gasteiger partial charge >= 0.3 is 0 Å². The predicted octanol–water partition coefficient (Wildman–Crippen LogP) is 7.53. The van der Waals surface area contributed by atoms with Crippen LogP contribution >= 0.6 is 46.4 Å². The molecule has 0 saturated carbocycles. The van der Waals surface area contributed by atoms with Gasteiger partial charge in [-0.3, -0.25) is 4.79 Å². The lowest BCUT2D eigenvalue weighted by Gasteiger charge is -2.32. The molecule has 0 fully saturated rings. The van der Waals surface area contributed by atoms with E-state index in [1.54, 1.807) is 12.1 Å². The van der Waals surface area contributed by atoms with Crippen LogP contribution in [0.2, 0.25) is 20.1 Å². The number of hydrogen-bond donors (Lipinski definition) is 0. The quantitative estimate of drug-likeness (QED) is 0.406. The molecular weight excluding hydrogens is 422 g/mol. The van der Waals surface area contributed by atoms with E-state index in [0.717, 1.165) is 27.8 Å². The molecule has 1 nitrogen and oxygen atoms in total. The van der Waals surface area contributed by atoms with Crippen LogP contribution in [-0.4, -0.2) is 5.78 Å². The molecular formula is C22H14Cl4O. The van der Waals surface area contributed by atoms with Crippen molar-refractivity contribution in [1.29, 1.82) is 0 Å². The summed E-state index contributed by atoms with van der Waals surface area (Å²) in [4.78, 5) is 13.0. The van der Waals surface area contributed by atoms with E-state index in [2.05, 4.69) is 0 Å². The SMILES string of the molecule is Cc1ccc2c(c1)C(=O)CC2(c1ccc(Cl)c(Cl)c1)c1ccc(Cl)c(Cl)c1. The first kappa shape index (κ1) is 18.8. The highest BCUT2D eigenvalue weighted by atomic mass is 35.5. The fourth-order valence-corrected chi connectivity index (χ4v) is 4.49. The zero-order valence-corrected chi connectivity index (χ0v) is 17.3. The van der Waals surface area contributed by atoms with Crippen molar-refractivity contribution >= 4 is 52.2 Å². The summed E-state index contributed by atoms with van der Waals surface area (Å²) in [5, 5.41) is 1.83. The van der Waals surface area contributed by atoms with Crippen LogP contribution in [0.5, 0.6) is 0 Å². The Labute approximate surface area is 177 Å². The molecule has 3 aromatic carbocycles. The first-order valence-electron chi connectivity index (χ1n) is 8.38. The fraction of sp³-hybridized carbons (Fsp3) is 0.136. The maximum absolute atomic E-state index is 13.0. The van der Waals surface area contributed by atoms with Gasteiger partial charge in [-0.15, -0.1) is 0 Å². The second kappa shape index (κ2) is 6.83. The van der Waals surface area contributed by atoms with Crippen molar-refractivity contribution in [2.45, 2.75) is 18.8 Å². The van der Waals surface area contributed by atoms with Crippen LogP contribution in [0.4, 0.5) is 0 Å². The van der Waals surface area contributed by atoms with E-state index in [1.807, 2.05) is 49.4 Å². The Balaban J connectivity index is 2.07. The Morgan fingerprint density at radius 3 is 1.81 bits per heavy atom. The van der Waals surface area contributed by atoms with Gasteiger partial charge in [-0.2, -0.15) is 0 Å². The molecule has 0 bridgehead atoms. The van der Waals surface area contributed by atoms with Gasteiger partial charge in [0.05, 0.1) is 25.5 Å². The molecule has 27 heavy (non-hydrogen) atoms. The third-order valence-corrected chi connectivity index (χ3v) is 6.66. The number of Topliss-reactive ketones (excluding diaryl/α,β-unsaturated/α-hetero) is 1. The number of halogens is 4. The van der Waals surface area contributed by atoms with Crippen molar-refractivity contribution in [1.82, 2.24) is 0 Å². The fourth-order valence-electron chi connectivity index (χ4n) is 3.90. The van der Waals surface area contributed by atoms with Crippen LogP contribution < -0.4 is 0 Å². The minimum absolute atomic E-state index is 0.0887. The van der Waals surface area contributed by atoms with Gasteiger partial charge in [0.1, 0.15) is 0 Å². The van der Waals surface area contributed by atoms with E-state index in [1.165, 1.54) is 0 Å². The zero-order chi connectivity index (χ0) is 19.3. The lowest BCUT2D eigenvalue weighted by atomic mass is 9.70. The number of fused-ring (bicyclic) bond motifs is 1. The highest BCUT2D eigenvalue weighted by molar-refractivity contribution is 6.42. The summed E-state index contributed by atoms with van der Waals surface area (Å²) in [5.41, 5.74) is 3.81. The lowest BCUT2D eigenvalue weighted by molar-refractivity contribution is 0.0984. The van der Waals surface area contributed by atoms with Gasteiger partial charge in [0.15, 0.2) is 5.78 Å². The molecule has 3 aromatic rings. The van der Waals surface area contributed by atoms with E-state index in [0.29, 0.717) is 26.5 Å². The summed E-state index contributed by atoms with van der Waals surface area (Å²) in [6.07, 6.45) is 0.293. The summed E-state index contributed by atoms with van der Waals surface area (Å²) in [5.74, 6) is 0.0887. The molecule has 0 heterocycles. The smallest absolute Gasteiger partial charge is 0.164 e. The van der Waals surface area contributed by atoms with Crippen LogP contribution in [0.25, 0.3) is 0 Å². The number of hydrogen-bond acceptors (Lipinski definition) is 1. The Morgan fingerprint density at radius 1 is 0.741 bits per heavy atom. The maximum atomic E-state index is 13.0. The van der Waals surface area contributed by atoms with E-state index in [9.17, 15) is 4.79 Å². The first-order chi connectivity index (χ1) is 12.8. The van der Waals surface area contributed by atoms with Crippen molar-refractivity contribution in [2.75, 3.05) is 0 Å². The zero-order valence-electron chi connectivity index (χ0n) is 14.3. The second-order valence-corrected chi connectivity index (χ2v) is 8.44. The highest BCUT2D eigenvalue weighted by Crippen LogP contribution is 2.50. The molecule has 0 spiro atoms. The van der Waals surface area contributed by atoms with Crippen LogP contribution in [-0.2, 0) is 5.41 Å². The first-order valence-corrected chi connectivity index (χ1v) is 9.89. The molecule has 0 unspecified atom stereocenters. The Kier molecular flexibility index (Phi) is 4.76. The number of benzene rings is 3. The summed E-state index contributed by atoms with van der Waals surface area (Å²) < 4.78 is 0. The van der Waals surface area contributed by atoms with Gasteiger partial charge in [0, 0.05) is 12.0 Å². The monoisotopic (exact) mass is 434 g/mol. The van der Waals surface area contributed by atoms with Crippen LogP contribution in [0.3, 0.4) is 0 Å². The number of carbonyl (C=O) groups is 1. The minimum atomic E-state index is -0.692. The van der Waals surface area contributed by atoms with Gasteiger partial charge in [0.25, 0.3) is 0 Å². The summed E-state index contributed by atoms with van der Waals surface area (Å²) in [6, 6.07) is 17.0. The summed E-state index contributed by atoms with van der Waals surface area (Å²) in [7, 11) is 0. The van der Waals surface area contributed by atoms with Crippen molar-refractivity contribution in [3.8, 4) is 0 Å². The highest BCUT2D eigenvalue weighted by Gasteiger charge is 2.46. The topological polar surface area (TPSA) is 17.1 Å². The molecule has 0 N–H and O–H groups in total. The molecule has 0 radical (unpaired) electrons.